The predicted molar refractivity (Wildman–Crippen MR) is 76.8 cm³/mol. The van der Waals surface area contributed by atoms with E-state index in [1.807, 2.05) is 54.6 Å². The molecule has 0 aliphatic heterocycles. The van der Waals surface area contributed by atoms with E-state index in [-0.39, 0.29) is 0 Å². The molecule has 0 unspecified atom stereocenters. The number of hydrogen-bond donors (Lipinski definition) is 1. The van der Waals surface area contributed by atoms with Gasteiger partial charge in [0.15, 0.2) is 11.6 Å². The van der Waals surface area contributed by atoms with E-state index in [1.54, 1.807) is 0 Å². The Balaban J connectivity index is 2.16. The SMILES string of the molecule is Nc1noc(-c2ccc(Cl)cc2)c1-c1ccccc1. The summed E-state index contributed by atoms with van der Waals surface area (Å²) in [7, 11) is 0. The van der Waals surface area contributed by atoms with Crippen molar-refractivity contribution >= 4 is 17.4 Å². The first-order valence-corrected chi connectivity index (χ1v) is 6.20. The molecule has 0 aliphatic carbocycles. The Bertz CT molecular complexity index is 690. The second-order valence-electron chi connectivity index (χ2n) is 4.14. The Kier molecular flexibility index (Phi) is 2.97. The minimum atomic E-state index is 0.385. The van der Waals surface area contributed by atoms with Gasteiger partial charge in [0.1, 0.15) is 0 Å². The quantitative estimate of drug-likeness (QED) is 0.757. The third kappa shape index (κ3) is 2.20. The maximum Gasteiger partial charge on any atom is 0.176 e. The van der Waals surface area contributed by atoms with Gasteiger partial charge in [-0.2, -0.15) is 0 Å². The van der Waals surface area contributed by atoms with Crippen LogP contribution in [-0.2, 0) is 0 Å². The molecule has 19 heavy (non-hydrogen) atoms. The molecule has 4 heteroatoms. The lowest BCUT2D eigenvalue weighted by atomic mass is 10.0. The highest BCUT2D eigenvalue weighted by atomic mass is 35.5. The molecule has 0 spiro atoms. The molecular weight excluding hydrogens is 260 g/mol. The van der Waals surface area contributed by atoms with E-state index in [0.29, 0.717) is 16.6 Å². The van der Waals surface area contributed by atoms with Gasteiger partial charge in [0.25, 0.3) is 0 Å². The largest absolute Gasteiger partial charge is 0.380 e. The summed E-state index contributed by atoms with van der Waals surface area (Å²) in [5, 5.41) is 4.54. The molecule has 0 radical (unpaired) electrons. The Labute approximate surface area is 115 Å². The fourth-order valence-electron chi connectivity index (χ4n) is 1.98. The lowest BCUT2D eigenvalue weighted by Gasteiger charge is -2.02. The van der Waals surface area contributed by atoms with E-state index >= 15 is 0 Å². The highest BCUT2D eigenvalue weighted by Gasteiger charge is 2.17. The Hall–Kier alpha value is -2.26. The molecule has 3 rings (SSSR count). The number of anilines is 1. The molecule has 0 fully saturated rings. The van der Waals surface area contributed by atoms with Crippen molar-refractivity contribution in [3.63, 3.8) is 0 Å². The topological polar surface area (TPSA) is 52.0 Å². The van der Waals surface area contributed by atoms with E-state index < -0.39 is 0 Å². The van der Waals surface area contributed by atoms with Crippen molar-refractivity contribution in [2.75, 3.05) is 5.73 Å². The first-order chi connectivity index (χ1) is 9.25. The highest BCUT2D eigenvalue weighted by molar-refractivity contribution is 6.30. The van der Waals surface area contributed by atoms with Gasteiger partial charge in [0, 0.05) is 10.6 Å². The fourth-order valence-corrected chi connectivity index (χ4v) is 2.11. The number of benzene rings is 2. The molecule has 3 aromatic rings. The van der Waals surface area contributed by atoms with Crippen molar-refractivity contribution in [2.45, 2.75) is 0 Å². The van der Waals surface area contributed by atoms with Crippen LogP contribution in [0.25, 0.3) is 22.5 Å². The molecule has 94 valence electrons. The zero-order valence-electron chi connectivity index (χ0n) is 10.0. The third-order valence-electron chi connectivity index (χ3n) is 2.89. The van der Waals surface area contributed by atoms with Crippen LogP contribution in [0.2, 0.25) is 5.02 Å². The van der Waals surface area contributed by atoms with Crippen LogP contribution in [0.5, 0.6) is 0 Å². The van der Waals surface area contributed by atoms with E-state index in [1.165, 1.54) is 0 Å². The summed E-state index contributed by atoms with van der Waals surface area (Å²) in [4.78, 5) is 0. The van der Waals surface area contributed by atoms with Crippen molar-refractivity contribution in [1.29, 1.82) is 0 Å². The second kappa shape index (κ2) is 4.78. The molecule has 1 heterocycles. The average molecular weight is 271 g/mol. The summed E-state index contributed by atoms with van der Waals surface area (Å²) >= 11 is 5.89. The standard InChI is InChI=1S/C15H11ClN2O/c16-12-8-6-11(7-9-12)14-13(15(17)18-19-14)10-4-2-1-3-5-10/h1-9H,(H2,17,18). The van der Waals surface area contributed by atoms with E-state index in [4.69, 9.17) is 21.9 Å². The van der Waals surface area contributed by atoms with Crippen molar-refractivity contribution < 1.29 is 4.52 Å². The van der Waals surface area contributed by atoms with Crippen molar-refractivity contribution in [1.82, 2.24) is 5.16 Å². The van der Waals surface area contributed by atoms with Crippen molar-refractivity contribution in [3.8, 4) is 22.5 Å². The molecular formula is C15H11ClN2O. The smallest absolute Gasteiger partial charge is 0.176 e. The van der Waals surface area contributed by atoms with Crippen molar-refractivity contribution in [2.24, 2.45) is 0 Å². The van der Waals surface area contributed by atoms with E-state index in [2.05, 4.69) is 5.16 Å². The summed E-state index contributed by atoms with van der Waals surface area (Å²) in [6, 6.07) is 17.2. The minimum absolute atomic E-state index is 0.385. The predicted octanol–water partition coefficient (Wildman–Crippen LogP) is 4.24. The zero-order valence-corrected chi connectivity index (χ0v) is 10.8. The molecule has 2 aromatic carbocycles. The van der Waals surface area contributed by atoms with E-state index in [9.17, 15) is 0 Å². The molecule has 2 N–H and O–H groups in total. The summed E-state index contributed by atoms with van der Waals surface area (Å²) in [5.41, 5.74) is 8.59. The van der Waals surface area contributed by atoms with Gasteiger partial charge in [-0.25, -0.2) is 0 Å². The molecule has 0 atom stereocenters. The molecule has 0 amide bonds. The van der Waals surface area contributed by atoms with Gasteiger partial charge in [-0.05, 0) is 29.8 Å². The molecule has 0 saturated carbocycles. The van der Waals surface area contributed by atoms with Crippen LogP contribution >= 0.6 is 11.6 Å². The lowest BCUT2D eigenvalue weighted by molar-refractivity contribution is 0.436. The van der Waals surface area contributed by atoms with Crippen LogP contribution in [0, 0.1) is 0 Å². The van der Waals surface area contributed by atoms with Gasteiger partial charge in [-0.15, -0.1) is 0 Å². The van der Waals surface area contributed by atoms with Gasteiger partial charge in [-0.3, -0.25) is 0 Å². The molecule has 0 saturated heterocycles. The number of rotatable bonds is 2. The lowest BCUT2D eigenvalue weighted by Crippen LogP contribution is -1.88. The summed E-state index contributed by atoms with van der Waals surface area (Å²) in [5.74, 6) is 1.04. The molecule has 0 aliphatic rings. The van der Waals surface area contributed by atoms with Crippen LogP contribution in [0.3, 0.4) is 0 Å². The van der Waals surface area contributed by atoms with Gasteiger partial charge < -0.3 is 10.3 Å². The molecule has 1 aromatic heterocycles. The summed E-state index contributed by atoms with van der Waals surface area (Å²) in [6.07, 6.45) is 0. The first-order valence-electron chi connectivity index (χ1n) is 5.82. The van der Waals surface area contributed by atoms with Crippen LogP contribution < -0.4 is 5.73 Å². The maximum atomic E-state index is 5.91. The van der Waals surface area contributed by atoms with Crippen molar-refractivity contribution in [3.05, 3.63) is 59.6 Å². The average Bonchev–Trinajstić information content (AvgIpc) is 2.82. The molecule has 3 nitrogen and oxygen atoms in total. The normalized spacial score (nSPS) is 10.6. The number of nitrogen functional groups attached to an aromatic ring is 1. The van der Waals surface area contributed by atoms with Gasteiger partial charge >= 0.3 is 0 Å². The third-order valence-corrected chi connectivity index (χ3v) is 3.14. The molecule has 0 bridgehead atoms. The zero-order chi connectivity index (χ0) is 13.2. The van der Waals surface area contributed by atoms with Crippen LogP contribution in [0.4, 0.5) is 5.82 Å². The van der Waals surface area contributed by atoms with Crippen LogP contribution in [0.1, 0.15) is 0 Å². The summed E-state index contributed by atoms with van der Waals surface area (Å²) < 4.78 is 5.36. The highest BCUT2D eigenvalue weighted by Crippen LogP contribution is 2.36. The monoisotopic (exact) mass is 270 g/mol. The number of nitrogens with two attached hydrogens (primary N) is 1. The minimum Gasteiger partial charge on any atom is -0.380 e. The number of halogens is 1. The number of aromatic nitrogens is 1. The Morgan fingerprint density at radius 2 is 1.58 bits per heavy atom. The maximum absolute atomic E-state index is 5.91. The first kappa shape index (κ1) is 11.8. The Morgan fingerprint density at radius 1 is 0.895 bits per heavy atom. The number of hydrogen-bond acceptors (Lipinski definition) is 3. The second-order valence-corrected chi connectivity index (χ2v) is 4.58. The number of nitrogens with zero attached hydrogens (tertiary/aromatic N) is 1. The van der Waals surface area contributed by atoms with Gasteiger partial charge in [-0.1, -0.05) is 47.1 Å². The van der Waals surface area contributed by atoms with E-state index in [0.717, 1.165) is 16.7 Å². The van der Waals surface area contributed by atoms with Crippen LogP contribution in [0.15, 0.2) is 59.1 Å². The Morgan fingerprint density at radius 3 is 2.26 bits per heavy atom. The van der Waals surface area contributed by atoms with Gasteiger partial charge in [0.05, 0.1) is 5.56 Å². The fraction of sp³-hybridized carbons (Fsp3) is 0. The summed E-state index contributed by atoms with van der Waals surface area (Å²) in [6.45, 7) is 0. The van der Waals surface area contributed by atoms with Crippen LogP contribution in [-0.4, -0.2) is 5.16 Å². The van der Waals surface area contributed by atoms with Gasteiger partial charge in [0.2, 0.25) is 0 Å².